The van der Waals surface area contributed by atoms with E-state index in [-0.39, 0.29) is 24.2 Å². The van der Waals surface area contributed by atoms with Crippen molar-refractivity contribution in [3.63, 3.8) is 0 Å². The van der Waals surface area contributed by atoms with E-state index in [9.17, 15) is 9.59 Å². The lowest BCUT2D eigenvalue weighted by Crippen LogP contribution is -2.30. The second-order valence-corrected chi connectivity index (χ2v) is 7.24. The zero-order valence-electron chi connectivity index (χ0n) is 15.8. The van der Waals surface area contributed by atoms with Crippen LogP contribution in [0, 0.1) is 0 Å². The van der Waals surface area contributed by atoms with E-state index in [4.69, 9.17) is 9.15 Å². The molecule has 3 aromatic rings. The van der Waals surface area contributed by atoms with Crippen LogP contribution in [0.1, 0.15) is 16.1 Å². The number of hydrogen-bond donors (Lipinski definition) is 2. The third-order valence-corrected chi connectivity index (χ3v) is 4.92. The van der Waals surface area contributed by atoms with Crippen molar-refractivity contribution in [3.05, 3.63) is 84.3 Å². The summed E-state index contributed by atoms with van der Waals surface area (Å²) >= 11 is 1.77. The number of anilines is 1. The third kappa shape index (κ3) is 7.04. The van der Waals surface area contributed by atoms with Crippen LogP contribution in [0.2, 0.25) is 0 Å². The van der Waals surface area contributed by atoms with Crippen molar-refractivity contribution >= 4 is 29.3 Å². The highest BCUT2D eigenvalue weighted by Crippen LogP contribution is 2.18. The minimum Gasteiger partial charge on any atom is -0.484 e. The van der Waals surface area contributed by atoms with Crippen LogP contribution in [0.3, 0.4) is 0 Å². The van der Waals surface area contributed by atoms with Gasteiger partial charge in [0, 0.05) is 29.8 Å². The molecule has 0 radical (unpaired) electrons. The van der Waals surface area contributed by atoms with E-state index in [1.54, 1.807) is 48.2 Å². The van der Waals surface area contributed by atoms with Crippen LogP contribution < -0.4 is 15.4 Å². The summed E-state index contributed by atoms with van der Waals surface area (Å²) in [6.45, 7) is 0.498. The Morgan fingerprint density at radius 2 is 1.86 bits per heavy atom. The molecular formula is C22H22N2O4S. The molecule has 1 heterocycles. The first kappa shape index (κ1) is 20.5. The second-order valence-electron chi connectivity index (χ2n) is 6.14. The summed E-state index contributed by atoms with van der Waals surface area (Å²) in [5.41, 5.74) is 1.83. The Morgan fingerprint density at radius 1 is 1.00 bits per heavy atom. The molecule has 6 nitrogen and oxygen atoms in total. The van der Waals surface area contributed by atoms with E-state index in [0.717, 1.165) is 11.5 Å². The molecule has 29 heavy (non-hydrogen) atoms. The van der Waals surface area contributed by atoms with E-state index in [2.05, 4.69) is 22.8 Å². The molecular weight excluding hydrogens is 388 g/mol. The van der Waals surface area contributed by atoms with E-state index in [0.29, 0.717) is 18.0 Å². The van der Waals surface area contributed by atoms with Crippen LogP contribution in [0.15, 0.2) is 77.4 Å². The molecule has 1 aromatic heterocycles. The molecule has 150 valence electrons. The van der Waals surface area contributed by atoms with Gasteiger partial charge in [0.15, 0.2) is 12.4 Å². The van der Waals surface area contributed by atoms with Gasteiger partial charge in [-0.1, -0.05) is 36.4 Å². The van der Waals surface area contributed by atoms with E-state index < -0.39 is 0 Å². The van der Waals surface area contributed by atoms with Crippen molar-refractivity contribution in [1.82, 2.24) is 5.32 Å². The van der Waals surface area contributed by atoms with Gasteiger partial charge in [-0.3, -0.25) is 9.59 Å². The maximum Gasteiger partial charge on any atom is 0.291 e. The number of carbonyl (C=O) groups excluding carboxylic acids is 2. The molecule has 0 aliphatic heterocycles. The van der Waals surface area contributed by atoms with E-state index in [1.807, 2.05) is 18.2 Å². The Morgan fingerprint density at radius 3 is 2.66 bits per heavy atom. The van der Waals surface area contributed by atoms with Crippen LogP contribution in [-0.4, -0.2) is 30.7 Å². The first-order valence-electron chi connectivity index (χ1n) is 9.17. The lowest BCUT2D eigenvalue weighted by atomic mass is 10.2. The van der Waals surface area contributed by atoms with Crippen molar-refractivity contribution in [1.29, 1.82) is 0 Å². The van der Waals surface area contributed by atoms with Gasteiger partial charge < -0.3 is 19.8 Å². The van der Waals surface area contributed by atoms with Gasteiger partial charge in [0.2, 0.25) is 0 Å². The molecule has 7 heteroatoms. The van der Waals surface area contributed by atoms with Crippen LogP contribution in [-0.2, 0) is 10.5 Å². The summed E-state index contributed by atoms with van der Waals surface area (Å²) in [5, 5.41) is 5.56. The van der Waals surface area contributed by atoms with Gasteiger partial charge in [-0.2, -0.15) is 11.8 Å². The fourth-order valence-electron chi connectivity index (χ4n) is 2.49. The largest absolute Gasteiger partial charge is 0.484 e. The van der Waals surface area contributed by atoms with E-state index in [1.165, 1.54) is 11.8 Å². The number of benzene rings is 2. The fourth-order valence-corrected chi connectivity index (χ4v) is 3.31. The summed E-state index contributed by atoms with van der Waals surface area (Å²) in [6.07, 6.45) is 1.44. The molecule has 0 atom stereocenters. The molecule has 0 saturated carbocycles. The van der Waals surface area contributed by atoms with Crippen molar-refractivity contribution in [3.8, 4) is 5.75 Å². The van der Waals surface area contributed by atoms with Gasteiger partial charge in [-0.15, -0.1) is 0 Å². The first-order valence-corrected chi connectivity index (χ1v) is 10.3. The Hall–Kier alpha value is -3.19. The lowest BCUT2D eigenvalue weighted by molar-refractivity contribution is -0.122. The highest BCUT2D eigenvalue weighted by molar-refractivity contribution is 7.98. The van der Waals surface area contributed by atoms with Crippen LogP contribution in [0.4, 0.5) is 5.69 Å². The average Bonchev–Trinajstić information content (AvgIpc) is 3.28. The van der Waals surface area contributed by atoms with Crippen molar-refractivity contribution in [2.24, 2.45) is 0 Å². The summed E-state index contributed by atoms with van der Waals surface area (Å²) in [6, 6.07) is 20.3. The SMILES string of the molecule is O=C(COc1cccc(NC(=O)c2ccco2)c1)NCCSCc1ccccc1. The van der Waals surface area contributed by atoms with Gasteiger partial charge in [0.25, 0.3) is 11.8 Å². The van der Waals surface area contributed by atoms with Crippen LogP contribution in [0.5, 0.6) is 5.75 Å². The molecule has 2 N–H and O–H groups in total. The Bertz CT molecular complexity index is 914. The Labute approximate surface area is 173 Å². The highest BCUT2D eigenvalue weighted by Gasteiger charge is 2.09. The number of amides is 2. The number of furan rings is 1. The predicted molar refractivity (Wildman–Crippen MR) is 114 cm³/mol. The molecule has 3 rings (SSSR count). The minimum atomic E-state index is -0.349. The zero-order valence-corrected chi connectivity index (χ0v) is 16.6. The molecule has 0 saturated heterocycles. The van der Waals surface area contributed by atoms with Gasteiger partial charge >= 0.3 is 0 Å². The fraction of sp³-hybridized carbons (Fsp3) is 0.182. The first-order chi connectivity index (χ1) is 14.2. The molecule has 0 fully saturated rings. The quantitative estimate of drug-likeness (QED) is 0.495. The van der Waals surface area contributed by atoms with E-state index >= 15 is 0 Å². The van der Waals surface area contributed by atoms with Crippen LogP contribution >= 0.6 is 11.8 Å². The number of ether oxygens (including phenoxy) is 1. The Balaban J connectivity index is 1.35. The highest BCUT2D eigenvalue weighted by atomic mass is 32.2. The molecule has 0 unspecified atom stereocenters. The molecule has 0 aliphatic carbocycles. The van der Waals surface area contributed by atoms with Crippen molar-refractivity contribution < 1.29 is 18.7 Å². The summed E-state index contributed by atoms with van der Waals surface area (Å²) < 4.78 is 10.6. The molecule has 2 aromatic carbocycles. The van der Waals surface area contributed by atoms with Crippen molar-refractivity contribution in [2.75, 3.05) is 24.2 Å². The second kappa shape index (κ2) is 11.0. The monoisotopic (exact) mass is 410 g/mol. The number of nitrogens with one attached hydrogen (secondary N) is 2. The van der Waals surface area contributed by atoms with Crippen molar-refractivity contribution in [2.45, 2.75) is 5.75 Å². The molecule has 2 amide bonds. The average molecular weight is 410 g/mol. The smallest absolute Gasteiger partial charge is 0.291 e. The normalized spacial score (nSPS) is 10.3. The number of rotatable bonds is 10. The zero-order chi connectivity index (χ0) is 20.3. The molecule has 0 aliphatic rings. The summed E-state index contributed by atoms with van der Waals surface area (Å²) in [4.78, 5) is 23.9. The van der Waals surface area contributed by atoms with Gasteiger partial charge in [0.1, 0.15) is 5.75 Å². The van der Waals surface area contributed by atoms with Crippen LogP contribution in [0.25, 0.3) is 0 Å². The molecule has 0 bridgehead atoms. The van der Waals surface area contributed by atoms with Gasteiger partial charge in [0.05, 0.1) is 6.26 Å². The van der Waals surface area contributed by atoms with Gasteiger partial charge in [-0.25, -0.2) is 0 Å². The summed E-state index contributed by atoms with van der Waals surface area (Å²) in [7, 11) is 0. The minimum absolute atomic E-state index is 0.0844. The number of hydrogen-bond acceptors (Lipinski definition) is 5. The topological polar surface area (TPSA) is 80.6 Å². The Kier molecular flexibility index (Phi) is 7.77. The van der Waals surface area contributed by atoms with Gasteiger partial charge in [-0.05, 0) is 29.8 Å². The standard InChI is InChI=1S/C22H22N2O4S/c25-21(23-11-13-29-16-17-6-2-1-3-7-17)15-28-19-9-4-8-18(14-19)24-22(26)20-10-5-12-27-20/h1-10,12,14H,11,13,15-16H2,(H,23,25)(H,24,26). The number of thioether (sulfide) groups is 1. The lowest BCUT2D eigenvalue weighted by Gasteiger charge is -2.09. The summed E-state index contributed by atoms with van der Waals surface area (Å²) in [5.74, 6) is 1.93. The number of carbonyl (C=O) groups is 2. The maximum absolute atomic E-state index is 12.0. The maximum atomic E-state index is 12.0. The third-order valence-electron chi connectivity index (χ3n) is 3.89. The molecule has 0 spiro atoms. The predicted octanol–water partition coefficient (Wildman–Crippen LogP) is 3.96.